The van der Waals surface area contributed by atoms with Crippen LogP contribution in [-0.4, -0.2) is 45.9 Å². The molecule has 7 heteroatoms. The van der Waals surface area contributed by atoms with Gasteiger partial charge in [-0.2, -0.15) is 10.1 Å². The number of nitrogens with zero attached hydrogens (tertiary/aromatic N) is 5. The van der Waals surface area contributed by atoms with Crippen molar-refractivity contribution in [2.75, 3.05) is 30.8 Å². The van der Waals surface area contributed by atoms with Gasteiger partial charge in [0, 0.05) is 26.2 Å². The molecule has 3 rings (SSSR count). The zero-order chi connectivity index (χ0) is 15.1. The van der Waals surface area contributed by atoms with Crippen molar-refractivity contribution >= 4 is 22.8 Å². The van der Waals surface area contributed by atoms with Gasteiger partial charge in [0.2, 0.25) is 5.95 Å². The van der Waals surface area contributed by atoms with Crippen molar-refractivity contribution in [1.82, 2.24) is 25.1 Å². The number of aromatic nitrogens is 4. The Labute approximate surface area is 124 Å². The van der Waals surface area contributed by atoms with Crippen LogP contribution < -0.4 is 16.0 Å². The molecule has 3 N–H and O–H groups in total. The SMILES string of the molecule is CN[C@@H]1CCN(c2nc(N)nc3c(C(C)C)n(C)nc23)C1. The average molecular weight is 289 g/mol. The van der Waals surface area contributed by atoms with Crippen molar-refractivity contribution in [3.05, 3.63) is 5.69 Å². The molecule has 0 aliphatic carbocycles. The van der Waals surface area contributed by atoms with E-state index in [2.05, 4.69) is 39.1 Å². The van der Waals surface area contributed by atoms with Crippen molar-refractivity contribution < 1.29 is 0 Å². The van der Waals surface area contributed by atoms with Crippen molar-refractivity contribution in [2.45, 2.75) is 32.2 Å². The zero-order valence-corrected chi connectivity index (χ0v) is 13.1. The maximum atomic E-state index is 5.94. The second-order valence-electron chi connectivity index (χ2n) is 5.99. The van der Waals surface area contributed by atoms with Crippen LogP contribution in [0.15, 0.2) is 0 Å². The van der Waals surface area contributed by atoms with Crippen LogP contribution in [0.5, 0.6) is 0 Å². The molecule has 2 aromatic heterocycles. The molecule has 0 amide bonds. The van der Waals surface area contributed by atoms with Gasteiger partial charge in [-0.3, -0.25) is 4.68 Å². The topological polar surface area (TPSA) is 84.9 Å². The molecule has 1 saturated heterocycles. The summed E-state index contributed by atoms with van der Waals surface area (Å²) >= 11 is 0. The lowest BCUT2D eigenvalue weighted by molar-refractivity contribution is 0.616. The summed E-state index contributed by atoms with van der Waals surface area (Å²) in [6.45, 7) is 6.17. The minimum atomic E-state index is 0.320. The molecule has 0 saturated carbocycles. The van der Waals surface area contributed by atoms with E-state index in [1.807, 2.05) is 18.8 Å². The number of nitrogens with one attached hydrogen (secondary N) is 1. The van der Waals surface area contributed by atoms with E-state index in [0.29, 0.717) is 17.9 Å². The van der Waals surface area contributed by atoms with Gasteiger partial charge in [-0.05, 0) is 19.4 Å². The van der Waals surface area contributed by atoms with Crippen LogP contribution in [0.25, 0.3) is 11.0 Å². The summed E-state index contributed by atoms with van der Waals surface area (Å²) in [6, 6.07) is 0.490. The number of nitrogen functional groups attached to an aromatic ring is 1. The van der Waals surface area contributed by atoms with Crippen LogP contribution in [0.3, 0.4) is 0 Å². The summed E-state index contributed by atoms with van der Waals surface area (Å²) in [4.78, 5) is 11.1. The van der Waals surface area contributed by atoms with Crippen molar-refractivity contribution in [2.24, 2.45) is 7.05 Å². The molecular weight excluding hydrogens is 266 g/mol. The summed E-state index contributed by atoms with van der Waals surface area (Å²) in [5, 5.41) is 7.96. The van der Waals surface area contributed by atoms with Gasteiger partial charge >= 0.3 is 0 Å². The van der Waals surface area contributed by atoms with E-state index in [1.54, 1.807) is 0 Å². The van der Waals surface area contributed by atoms with E-state index in [-0.39, 0.29) is 0 Å². The van der Waals surface area contributed by atoms with Crippen molar-refractivity contribution in [3.63, 3.8) is 0 Å². The van der Waals surface area contributed by atoms with Crippen LogP contribution in [0.1, 0.15) is 31.9 Å². The van der Waals surface area contributed by atoms with Crippen LogP contribution in [0.2, 0.25) is 0 Å². The number of fused-ring (bicyclic) bond motifs is 1. The van der Waals surface area contributed by atoms with Gasteiger partial charge in [0.05, 0.1) is 5.69 Å². The zero-order valence-electron chi connectivity index (χ0n) is 13.1. The quantitative estimate of drug-likeness (QED) is 0.872. The van der Waals surface area contributed by atoms with Gasteiger partial charge in [-0.1, -0.05) is 13.8 Å². The van der Waals surface area contributed by atoms with Gasteiger partial charge < -0.3 is 16.0 Å². The average Bonchev–Trinajstić information content (AvgIpc) is 3.01. The molecule has 1 atom stereocenters. The molecule has 2 aromatic rings. The third-order valence-electron chi connectivity index (χ3n) is 4.17. The Kier molecular flexibility index (Phi) is 3.44. The highest BCUT2D eigenvalue weighted by Crippen LogP contribution is 2.31. The van der Waals surface area contributed by atoms with Crippen LogP contribution in [0, 0.1) is 0 Å². The van der Waals surface area contributed by atoms with Crippen LogP contribution in [-0.2, 0) is 7.05 Å². The van der Waals surface area contributed by atoms with Gasteiger partial charge in [0.25, 0.3) is 0 Å². The number of rotatable bonds is 3. The van der Waals surface area contributed by atoms with Gasteiger partial charge in [-0.25, -0.2) is 4.98 Å². The lowest BCUT2D eigenvalue weighted by Crippen LogP contribution is -2.30. The number of hydrogen-bond acceptors (Lipinski definition) is 6. The highest BCUT2D eigenvalue weighted by Gasteiger charge is 2.27. The van der Waals surface area contributed by atoms with E-state index in [1.165, 1.54) is 0 Å². The van der Waals surface area contributed by atoms with Crippen molar-refractivity contribution in [3.8, 4) is 0 Å². The van der Waals surface area contributed by atoms with E-state index in [0.717, 1.165) is 42.1 Å². The maximum Gasteiger partial charge on any atom is 0.222 e. The Bertz CT molecular complexity index is 661. The van der Waals surface area contributed by atoms with E-state index in [4.69, 9.17) is 5.73 Å². The monoisotopic (exact) mass is 289 g/mol. The lowest BCUT2D eigenvalue weighted by atomic mass is 10.1. The molecule has 0 radical (unpaired) electrons. The number of aryl methyl sites for hydroxylation is 1. The third kappa shape index (κ3) is 2.31. The summed E-state index contributed by atoms with van der Waals surface area (Å²) in [5.74, 6) is 1.52. The second-order valence-corrected chi connectivity index (χ2v) is 5.99. The smallest absolute Gasteiger partial charge is 0.222 e. The number of likely N-dealkylation sites (N-methyl/N-ethyl adjacent to an activating group) is 1. The van der Waals surface area contributed by atoms with Gasteiger partial charge in [-0.15, -0.1) is 0 Å². The molecule has 3 heterocycles. The summed E-state index contributed by atoms with van der Waals surface area (Å²) < 4.78 is 1.90. The fourth-order valence-electron chi connectivity index (χ4n) is 3.14. The summed E-state index contributed by atoms with van der Waals surface area (Å²) in [5.41, 5.74) is 8.77. The Hall–Kier alpha value is -1.89. The Morgan fingerprint density at radius 3 is 2.67 bits per heavy atom. The molecule has 1 aliphatic heterocycles. The fraction of sp³-hybridized carbons (Fsp3) is 0.643. The van der Waals surface area contributed by atoms with Gasteiger partial charge in [0.15, 0.2) is 11.3 Å². The van der Waals surface area contributed by atoms with E-state index in [9.17, 15) is 0 Å². The first kappa shape index (κ1) is 14.1. The summed E-state index contributed by atoms with van der Waals surface area (Å²) in [6.07, 6.45) is 1.10. The Morgan fingerprint density at radius 2 is 2.05 bits per heavy atom. The first-order valence-electron chi connectivity index (χ1n) is 7.43. The Balaban J connectivity index is 2.13. The first-order chi connectivity index (χ1) is 10.0. The molecule has 0 spiro atoms. The largest absolute Gasteiger partial charge is 0.368 e. The van der Waals surface area contributed by atoms with Crippen LogP contribution in [0.4, 0.5) is 11.8 Å². The maximum absolute atomic E-state index is 5.94. The molecular formula is C14H23N7. The van der Waals surface area contributed by atoms with Crippen molar-refractivity contribution in [1.29, 1.82) is 0 Å². The molecule has 1 aliphatic rings. The molecule has 0 unspecified atom stereocenters. The minimum absolute atomic E-state index is 0.320. The highest BCUT2D eigenvalue weighted by atomic mass is 15.3. The minimum Gasteiger partial charge on any atom is -0.368 e. The molecule has 0 aromatic carbocycles. The highest BCUT2D eigenvalue weighted by molar-refractivity contribution is 5.89. The van der Waals surface area contributed by atoms with E-state index >= 15 is 0 Å². The Morgan fingerprint density at radius 1 is 1.29 bits per heavy atom. The predicted molar refractivity (Wildman–Crippen MR) is 84.5 cm³/mol. The second kappa shape index (κ2) is 5.14. The molecule has 0 bridgehead atoms. The van der Waals surface area contributed by atoms with Crippen LogP contribution >= 0.6 is 0 Å². The summed E-state index contributed by atoms with van der Waals surface area (Å²) in [7, 11) is 3.95. The number of anilines is 2. The molecule has 21 heavy (non-hydrogen) atoms. The fourth-order valence-corrected chi connectivity index (χ4v) is 3.14. The number of hydrogen-bond donors (Lipinski definition) is 2. The first-order valence-corrected chi connectivity index (χ1v) is 7.43. The third-order valence-corrected chi connectivity index (χ3v) is 4.17. The normalized spacial score (nSPS) is 19.1. The van der Waals surface area contributed by atoms with E-state index < -0.39 is 0 Å². The van der Waals surface area contributed by atoms with Gasteiger partial charge in [0.1, 0.15) is 5.52 Å². The standard InChI is InChI=1S/C14H23N7/c1-8(2)12-10-11(19-20(12)4)13(18-14(15)17-10)21-6-5-9(7-21)16-3/h8-9,16H,5-7H2,1-4H3,(H2,15,17)/t9-/m1/s1. The number of nitrogens with two attached hydrogens (primary N) is 1. The molecule has 114 valence electrons. The lowest BCUT2D eigenvalue weighted by Gasteiger charge is -2.17. The molecule has 7 nitrogen and oxygen atoms in total. The molecule has 1 fully saturated rings. The predicted octanol–water partition coefficient (Wildman–Crippen LogP) is 0.867.